The quantitative estimate of drug-likeness (QED) is 0.782. The molecule has 0 bridgehead atoms. The van der Waals surface area contributed by atoms with Crippen molar-refractivity contribution in [1.82, 2.24) is 15.1 Å². The Balaban J connectivity index is 2.19. The van der Waals surface area contributed by atoms with Gasteiger partial charge in [0.2, 0.25) is 0 Å². The van der Waals surface area contributed by atoms with Crippen molar-refractivity contribution in [3.05, 3.63) is 35.6 Å². The fourth-order valence-corrected chi connectivity index (χ4v) is 1.44. The Bertz CT molecular complexity index is 525. The van der Waals surface area contributed by atoms with Crippen molar-refractivity contribution in [2.75, 3.05) is 5.32 Å². The Morgan fingerprint density at radius 2 is 2.41 bits per heavy atom. The molecule has 7 heteroatoms. The van der Waals surface area contributed by atoms with Crippen LogP contribution in [0.15, 0.2) is 23.0 Å². The summed E-state index contributed by atoms with van der Waals surface area (Å²) in [5, 5.41) is 6.88. The van der Waals surface area contributed by atoms with Crippen LogP contribution in [0.3, 0.4) is 0 Å². The first-order chi connectivity index (χ1) is 8.16. The number of hydrogen-bond donors (Lipinski definition) is 2. The van der Waals surface area contributed by atoms with E-state index in [1.165, 1.54) is 6.26 Å². The molecule has 88 valence electrons. The van der Waals surface area contributed by atoms with E-state index in [9.17, 15) is 0 Å². The minimum Gasteiger partial charge on any atom is -0.389 e. The van der Waals surface area contributed by atoms with Gasteiger partial charge in [0.05, 0.1) is 12.1 Å². The molecule has 0 aliphatic carbocycles. The van der Waals surface area contributed by atoms with Gasteiger partial charge >= 0.3 is 0 Å². The van der Waals surface area contributed by atoms with Crippen molar-refractivity contribution in [2.24, 2.45) is 5.73 Å². The second-order valence-corrected chi connectivity index (χ2v) is 3.83. The molecule has 0 aliphatic rings. The minimum absolute atomic E-state index is 0.257. The number of anilines is 1. The zero-order chi connectivity index (χ0) is 12.3. The number of rotatable bonds is 4. The first-order valence-corrected chi connectivity index (χ1v) is 5.34. The number of aryl methyl sites for hydroxylation is 1. The largest absolute Gasteiger partial charge is 0.389 e. The Labute approximate surface area is 103 Å². The molecule has 2 aromatic heterocycles. The molecule has 0 aromatic carbocycles. The Morgan fingerprint density at radius 3 is 3.06 bits per heavy atom. The zero-order valence-corrected chi connectivity index (χ0v) is 9.99. The zero-order valence-electron chi connectivity index (χ0n) is 9.17. The van der Waals surface area contributed by atoms with Crippen molar-refractivity contribution < 1.29 is 4.52 Å². The number of hydrogen-bond acceptors (Lipinski definition) is 6. The SMILES string of the molecule is Cc1ncc(C(N)=S)c(NCc2ccon2)n1. The highest BCUT2D eigenvalue weighted by Gasteiger charge is 2.08. The van der Waals surface area contributed by atoms with Gasteiger partial charge in [-0.3, -0.25) is 0 Å². The lowest BCUT2D eigenvalue weighted by Crippen LogP contribution is -2.15. The first kappa shape index (κ1) is 11.5. The number of nitrogens with one attached hydrogen (secondary N) is 1. The molecular weight excluding hydrogens is 238 g/mol. The molecule has 2 rings (SSSR count). The highest BCUT2D eigenvalue weighted by atomic mass is 32.1. The van der Waals surface area contributed by atoms with Crippen LogP contribution in [0.25, 0.3) is 0 Å². The summed E-state index contributed by atoms with van der Waals surface area (Å²) in [5.41, 5.74) is 6.98. The van der Waals surface area contributed by atoms with Crippen molar-refractivity contribution in [1.29, 1.82) is 0 Å². The van der Waals surface area contributed by atoms with E-state index in [1.807, 2.05) is 0 Å². The maximum Gasteiger partial charge on any atom is 0.140 e. The number of thiocarbonyl (C=S) groups is 1. The van der Waals surface area contributed by atoms with Crippen molar-refractivity contribution >= 4 is 23.0 Å². The molecule has 0 amide bonds. The van der Waals surface area contributed by atoms with E-state index in [0.717, 1.165) is 5.69 Å². The van der Waals surface area contributed by atoms with Gasteiger partial charge in [-0.1, -0.05) is 17.4 Å². The summed E-state index contributed by atoms with van der Waals surface area (Å²) in [6.45, 7) is 2.28. The first-order valence-electron chi connectivity index (χ1n) is 4.93. The van der Waals surface area contributed by atoms with Gasteiger partial charge in [-0.2, -0.15) is 0 Å². The van der Waals surface area contributed by atoms with Crippen LogP contribution in [0, 0.1) is 6.92 Å². The minimum atomic E-state index is 0.257. The predicted octanol–water partition coefficient (Wildman–Crippen LogP) is 1.02. The fraction of sp³-hybridized carbons (Fsp3) is 0.200. The van der Waals surface area contributed by atoms with Crippen LogP contribution in [0.5, 0.6) is 0 Å². The Kier molecular flexibility index (Phi) is 3.29. The molecule has 6 nitrogen and oxygen atoms in total. The van der Waals surface area contributed by atoms with Gasteiger partial charge in [0.15, 0.2) is 0 Å². The van der Waals surface area contributed by atoms with Gasteiger partial charge in [-0.25, -0.2) is 9.97 Å². The predicted molar refractivity (Wildman–Crippen MR) is 66.5 cm³/mol. The summed E-state index contributed by atoms with van der Waals surface area (Å²) < 4.78 is 4.73. The smallest absolute Gasteiger partial charge is 0.140 e. The molecule has 17 heavy (non-hydrogen) atoms. The number of nitrogens with two attached hydrogens (primary N) is 1. The van der Waals surface area contributed by atoms with Gasteiger partial charge in [0.25, 0.3) is 0 Å². The van der Waals surface area contributed by atoms with Gasteiger partial charge in [0.1, 0.15) is 28.6 Å². The van der Waals surface area contributed by atoms with Crippen LogP contribution >= 0.6 is 12.2 Å². The molecule has 0 spiro atoms. The third kappa shape index (κ3) is 2.76. The molecule has 0 saturated carbocycles. The van der Waals surface area contributed by atoms with Gasteiger partial charge in [-0.15, -0.1) is 0 Å². The summed E-state index contributed by atoms with van der Waals surface area (Å²) >= 11 is 4.93. The van der Waals surface area contributed by atoms with E-state index in [4.69, 9.17) is 22.5 Å². The molecular formula is C10H11N5OS. The van der Waals surface area contributed by atoms with Crippen molar-refractivity contribution in [3.8, 4) is 0 Å². The summed E-state index contributed by atoms with van der Waals surface area (Å²) in [5.74, 6) is 1.25. The van der Waals surface area contributed by atoms with Gasteiger partial charge < -0.3 is 15.6 Å². The van der Waals surface area contributed by atoms with Gasteiger partial charge in [-0.05, 0) is 6.92 Å². The lowest BCUT2D eigenvalue weighted by Gasteiger charge is -2.08. The summed E-state index contributed by atoms with van der Waals surface area (Å²) in [6, 6.07) is 1.77. The summed E-state index contributed by atoms with van der Waals surface area (Å²) in [7, 11) is 0. The normalized spacial score (nSPS) is 10.2. The molecule has 2 aromatic rings. The second-order valence-electron chi connectivity index (χ2n) is 3.39. The molecule has 3 N–H and O–H groups in total. The molecule has 0 unspecified atom stereocenters. The fourth-order valence-electron chi connectivity index (χ4n) is 1.29. The highest BCUT2D eigenvalue weighted by Crippen LogP contribution is 2.12. The maximum absolute atomic E-state index is 5.59. The number of nitrogens with zero attached hydrogens (tertiary/aromatic N) is 3. The van der Waals surface area contributed by atoms with E-state index in [1.54, 1.807) is 19.2 Å². The molecule has 0 saturated heterocycles. The van der Waals surface area contributed by atoms with E-state index in [-0.39, 0.29) is 4.99 Å². The van der Waals surface area contributed by atoms with Crippen molar-refractivity contribution in [2.45, 2.75) is 13.5 Å². The average molecular weight is 249 g/mol. The Hall–Kier alpha value is -2.02. The standard InChI is InChI=1S/C10H11N5OS/c1-6-12-5-8(9(11)17)10(14-6)13-4-7-2-3-16-15-7/h2-3,5H,4H2,1H3,(H2,11,17)(H,12,13,14). The summed E-state index contributed by atoms with van der Waals surface area (Å²) in [6.07, 6.45) is 3.12. The molecule has 0 atom stereocenters. The number of aromatic nitrogens is 3. The average Bonchev–Trinajstić information content (AvgIpc) is 2.78. The summed E-state index contributed by atoms with van der Waals surface area (Å²) in [4.78, 5) is 8.56. The third-order valence-electron chi connectivity index (χ3n) is 2.10. The Morgan fingerprint density at radius 1 is 1.59 bits per heavy atom. The monoisotopic (exact) mass is 249 g/mol. The molecule has 0 aliphatic heterocycles. The maximum atomic E-state index is 5.59. The lowest BCUT2D eigenvalue weighted by molar-refractivity contribution is 0.412. The van der Waals surface area contributed by atoms with Crippen LogP contribution in [0.4, 0.5) is 5.82 Å². The molecule has 0 radical (unpaired) electrons. The topological polar surface area (TPSA) is 89.9 Å². The van der Waals surface area contributed by atoms with Crippen LogP contribution in [-0.4, -0.2) is 20.1 Å². The highest BCUT2D eigenvalue weighted by molar-refractivity contribution is 7.80. The van der Waals surface area contributed by atoms with Crippen LogP contribution in [0.2, 0.25) is 0 Å². The van der Waals surface area contributed by atoms with E-state index >= 15 is 0 Å². The lowest BCUT2D eigenvalue weighted by atomic mass is 10.3. The third-order valence-corrected chi connectivity index (χ3v) is 2.32. The van der Waals surface area contributed by atoms with Gasteiger partial charge in [0, 0.05) is 12.3 Å². The van der Waals surface area contributed by atoms with Crippen LogP contribution < -0.4 is 11.1 Å². The van der Waals surface area contributed by atoms with E-state index in [0.29, 0.717) is 23.8 Å². The van der Waals surface area contributed by atoms with Crippen LogP contribution in [0.1, 0.15) is 17.1 Å². The molecule has 2 heterocycles. The van der Waals surface area contributed by atoms with E-state index < -0.39 is 0 Å². The molecule has 0 fully saturated rings. The van der Waals surface area contributed by atoms with Crippen LogP contribution in [-0.2, 0) is 6.54 Å². The second kappa shape index (κ2) is 4.88. The van der Waals surface area contributed by atoms with Crippen molar-refractivity contribution in [3.63, 3.8) is 0 Å². The van der Waals surface area contributed by atoms with E-state index in [2.05, 4.69) is 20.4 Å².